The molecule has 0 aromatic rings. The van der Waals surface area contributed by atoms with Crippen molar-refractivity contribution in [2.24, 2.45) is 41.4 Å². The van der Waals surface area contributed by atoms with Gasteiger partial charge in [-0.1, -0.05) is 26.0 Å². The first-order valence-electron chi connectivity index (χ1n) is 21.9. The summed E-state index contributed by atoms with van der Waals surface area (Å²) in [6.07, 6.45) is -15.3. The normalized spacial score (nSPS) is 39.7. The molecule has 2 saturated heterocycles. The standard InChI is InChI=1S/C44H64O23/c1-7-20-23(26(39(56)58-5)16-62-41(20)66-43-37(54)35(52)33(50)29(12-45)64-43)10-31(48)60-14-18(3)22-9-28(47)19(4)25(22)15-61-32(49)11-24-21(8-2)42(63-17-27(24)40(57)59-6)67-44-38(55)36(53)34(51)30(13-46)65-44/h7-8,16-20,22-25,28-30,33-38,41-47,50-55H,1,9-15H2,2-6H3. The number of rotatable bonds is 18. The second-order valence-corrected chi connectivity index (χ2v) is 17.3. The molecule has 20 unspecified atom stereocenters. The Morgan fingerprint density at radius 2 is 1.31 bits per heavy atom. The van der Waals surface area contributed by atoms with Crippen molar-refractivity contribution in [3.8, 4) is 0 Å². The van der Waals surface area contributed by atoms with E-state index in [1.165, 1.54) is 12.2 Å². The van der Waals surface area contributed by atoms with Crippen LogP contribution in [-0.2, 0) is 66.5 Å². The first kappa shape index (κ1) is 53.9. The first-order valence-corrected chi connectivity index (χ1v) is 21.9. The summed E-state index contributed by atoms with van der Waals surface area (Å²) in [4.78, 5) is 52.8. The number of aliphatic hydroxyl groups excluding tert-OH is 9. The minimum atomic E-state index is -1.77. The molecule has 1 saturated carbocycles. The third kappa shape index (κ3) is 12.0. The summed E-state index contributed by atoms with van der Waals surface area (Å²) in [5, 5.41) is 92.2. The van der Waals surface area contributed by atoms with Gasteiger partial charge in [-0.05, 0) is 31.1 Å². The van der Waals surface area contributed by atoms with Gasteiger partial charge in [0.15, 0.2) is 12.6 Å². The van der Waals surface area contributed by atoms with Crippen molar-refractivity contribution >= 4 is 23.9 Å². The molecule has 378 valence electrons. The molecule has 20 atom stereocenters. The van der Waals surface area contributed by atoms with Crippen LogP contribution in [0.4, 0.5) is 0 Å². The van der Waals surface area contributed by atoms with Gasteiger partial charge in [0.05, 0.1) is 83.3 Å². The molecule has 0 radical (unpaired) electrons. The number of hydrogen-bond donors (Lipinski definition) is 9. The van der Waals surface area contributed by atoms with Gasteiger partial charge in [0.1, 0.15) is 48.8 Å². The van der Waals surface area contributed by atoms with Crippen molar-refractivity contribution in [2.45, 2.75) is 120 Å². The summed E-state index contributed by atoms with van der Waals surface area (Å²) < 4.78 is 55.1. The average Bonchev–Trinajstić information content (AvgIpc) is 3.61. The Morgan fingerprint density at radius 1 is 0.761 bits per heavy atom. The molecule has 5 aliphatic rings. The van der Waals surface area contributed by atoms with Crippen LogP contribution in [0.5, 0.6) is 0 Å². The number of esters is 4. The molecule has 4 heterocycles. The third-order valence-corrected chi connectivity index (χ3v) is 13.3. The van der Waals surface area contributed by atoms with E-state index in [0.29, 0.717) is 0 Å². The molecule has 3 fully saturated rings. The average molecular weight is 961 g/mol. The molecule has 23 nitrogen and oxygen atoms in total. The lowest BCUT2D eigenvalue weighted by atomic mass is 9.81. The summed E-state index contributed by atoms with van der Waals surface area (Å²) in [5.41, 5.74) is 0.0976. The number of carbonyl (C=O) groups is 4. The van der Waals surface area contributed by atoms with Crippen molar-refractivity contribution in [1.29, 1.82) is 0 Å². The summed E-state index contributed by atoms with van der Waals surface area (Å²) in [6.45, 7) is 7.23. The zero-order valence-electron chi connectivity index (χ0n) is 37.8. The monoisotopic (exact) mass is 960 g/mol. The van der Waals surface area contributed by atoms with Crippen molar-refractivity contribution in [1.82, 2.24) is 0 Å². The SMILES string of the molecule is C=CC1C(OC2OC(CO)C(O)C(O)C2O)OC=C(C(=O)OC)C1CC(=O)OCC(C)C1CC(O)C(C)C1COC(=O)CC1C(C(=O)OC)=COC(OC2OC(CO)C(O)C(O)C2O)C1=CC. The Balaban J connectivity index is 1.22. The molecule has 67 heavy (non-hydrogen) atoms. The Morgan fingerprint density at radius 3 is 1.87 bits per heavy atom. The molecular formula is C44H64O23. The lowest BCUT2D eigenvalue weighted by molar-refractivity contribution is -0.339. The molecule has 0 bridgehead atoms. The fourth-order valence-electron chi connectivity index (χ4n) is 9.19. The van der Waals surface area contributed by atoms with Gasteiger partial charge >= 0.3 is 23.9 Å². The van der Waals surface area contributed by atoms with E-state index in [-0.39, 0.29) is 48.2 Å². The van der Waals surface area contributed by atoms with Crippen LogP contribution in [0, 0.1) is 41.4 Å². The smallest absolute Gasteiger partial charge is 0.337 e. The van der Waals surface area contributed by atoms with Crippen LogP contribution in [0.2, 0.25) is 0 Å². The van der Waals surface area contributed by atoms with Gasteiger partial charge in [-0.15, -0.1) is 6.58 Å². The zero-order valence-corrected chi connectivity index (χ0v) is 37.8. The second kappa shape index (κ2) is 24.0. The fraction of sp³-hybridized carbons (Fsp3) is 0.727. The summed E-state index contributed by atoms with van der Waals surface area (Å²) in [6, 6.07) is 0. The van der Waals surface area contributed by atoms with E-state index >= 15 is 0 Å². The maximum absolute atomic E-state index is 13.6. The lowest BCUT2D eigenvalue weighted by Gasteiger charge is -2.42. The molecule has 0 aromatic carbocycles. The highest BCUT2D eigenvalue weighted by Gasteiger charge is 2.50. The highest BCUT2D eigenvalue weighted by atomic mass is 16.8. The summed E-state index contributed by atoms with van der Waals surface area (Å²) in [5.74, 6) is -7.66. The lowest BCUT2D eigenvalue weighted by Crippen LogP contribution is -2.60. The molecule has 4 aliphatic heterocycles. The molecule has 1 aliphatic carbocycles. The minimum Gasteiger partial charge on any atom is -0.471 e. The highest BCUT2D eigenvalue weighted by molar-refractivity contribution is 5.91. The van der Waals surface area contributed by atoms with E-state index in [9.17, 15) is 65.1 Å². The van der Waals surface area contributed by atoms with Crippen molar-refractivity contribution < 1.29 is 113 Å². The van der Waals surface area contributed by atoms with Crippen LogP contribution in [0.15, 0.2) is 48.0 Å². The van der Waals surface area contributed by atoms with E-state index < -0.39 is 160 Å². The number of carbonyl (C=O) groups excluding carboxylic acids is 4. The van der Waals surface area contributed by atoms with Crippen molar-refractivity contribution in [3.05, 3.63) is 48.0 Å². The maximum Gasteiger partial charge on any atom is 0.337 e. The van der Waals surface area contributed by atoms with Gasteiger partial charge in [0.25, 0.3) is 0 Å². The van der Waals surface area contributed by atoms with Crippen molar-refractivity contribution in [2.75, 3.05) is 40.6 Å². The van der Waals surface area contributed by atoms with Crippen LogP contribution in [0.1, 0.15) is 40.0 Å². The first-order chi connectivity index (χ1) is 31.8. The zero-order chi connectivity index (χ0) is 49.4. The molecule has 0 spiro atoms. The van der Waals surface area contributed by atoms with Gasteiger partial charge in [-0.25, -0.2) is 9.59 Å². The van der Waals surface area contributed by atoms with E-state index in [0.717, 1.165) is 26.7 Å². The van der Waals surface area contributed by atoms with Gasteiger partial charge in [-0.2, -0.15) is 0 Å². The summed E-state index contributed by atoms with van der Waals surface area (Å²) >= 11 is 0. The van der Waals surface area contributed by atoms with Crippen LogP contribution >= 0.6 is 0 Å². The van der Waals surface area contributed by atoms with Crippen LogP contribution in [0.25, 0.3) is 0 Å². The van der Waals surface area contributed by atoms with E-state index in [2.05, 4.69) is 6.58 Å². The van der Waals surface area contributed by atoms with Gasteiger partial charge in [0.2, 0.25) is 12.6 Å². The number of hydrogen-bond acceptors (Lipinski definition) is 23. The Kier molecular flexibility index (Phi) is 19.3. The van der Waals surface area contributed by atoms with Gasteiger partial charge in [-0.3, -0.25) is 9.59 Å². The van der Waals surface area contributed by atoms with E-state index in [4.69, 9.17) is 47.4 Å². The fourth-order valence-corrected chi connectivity index (χ4v) is 9.19. The topological polar surface area (TPSA) is 343 Å². The molecule has 5 rings (SSSR count). The second-order valence-electron chi connectivity index (χ2n) is 17.3. The van der Waals surface area contributed by atoms with Crippen LogP contribution in [0.3, 0.4) is 0 Å². The van der Waals surface area contributed by atoms with Gasteiger partial charge < -0.3 is 93.3 Å². The Bertz CT molecular complexity index is 1810. The number of methoxy groups -OCH3 is 2. The molecule has 23 heteroatoms. The van der Waals surface area contributed by atoms with Crippen molar-refractivity contribution in [3.63, 3.8) is 0 Å². The molecule has 0 aromatic heterocycles. The van der Waals surface area contributed by atoms with E-state index in [1.54, 1.807) is 20.8 Å². The molecular weight excluding hydrogens is 896 g/mol. The maximum atomic E-state index is 13.6. The molecule has 9 N–H and O–H groups in total. The Hall–Kier alpha value is -4.08. The Labute approximate surface area is 386 Å². The largest absolute Gasteiger partial charge is 0.471 e. The number of ether oxygens (including phenoxy) is 10. The number of allylic oxidation sites excluding steroid dienone is 1. The summed E-state index contributed by atoms with van der Waals surface area (Å²) in [7, 11) is 2.27. The minimum absolute atomic E-state index is 0.0611. The number of aliphatic hydroxyl groups is 9. The highest BCUT2D eigenvalue weighted by Crippen LogP contribution is 2.43. The third-order valence-electron chi connectivity index (χ3n) is 13.3. The predicted octanol–water partition coefficient (Wildman–Crippen LogP) is -2.44. The molecule has 0 amide bonds. The predicted molar refractivity (Wildman–Crippen MR) is 221 cm³/mol. The van der Waals surface area contributed by atoms with E-state index in [1.807, 2.05) is 0 Å². The quantitative estimate of drug-likeness (QED) is 0.0392. The van der Waals surface area contributed by atoms with Crippen LogP contribution in [-0.4, -0.2) is 191 Å². The van der Waals surface area contributed by atoms with Crippen LogP contribution < -0.4 is 0 Å². The van der Waals surface area contributed by atoms with Gasteiger partial charge in [0, 0.05) is 29.2 Å².